The molecule has 2 aromatic carbocycles. The van der Waals surface area contributed by atoms with Gasteiger partial charge in [0.15, 0.2) is 18.1 Å². The van der Waals surface area contributed by atoms with Gasteiger partial charge in [-0.1, -0.05) is 23.7 Å². The molecule has 0 fully saturated rings. The summed E-state index contributed by atoms with van der Waals surface area (Å²) in [6.45, 7) is 5.55. The average Bonchev–Trinajstić information content (AvgIpc) is 3.11. The maximum atomic E-state index is 12.4. The number of hydrogen-bond acceptors (Lipinski definition) is 5. The van der Waals surface area contributed by atoms with Gasteiger partial charge in [-0.2, -0.15) is 9.61 Å². The summed E-state index contributed by atoms with van der Waals surface area (Å²) in [5.41, 5.74) is 4.79. The van der Waals surface area contributed by atoms with Crippen molar-refractivity contribution in [3.63, 3.8) is 0 Å². The van der Waals surface area contributed by atoms with E-state index in [9.17, 15) is 4.79 Å². The number of ether oxygens (including phenoxy) is 1. The van der Waals surface area contributed by atoms with E-state index in [0.29, 0.717) is 27.9 Å². The summed E-state index contributed by atoms with van der Waals surface area (Å²) in [6.07, 6.45) is 0. The van der Waals surface area contributed by atoms with Gasteiger partial charge >= 0.3 is 0 Å². The van der Waals surface area contributed by atoms with Crippen LogP contribution in [0.15, 0.2) is 48.5 Å². The normalized spacial score (nSPS) is 10.9. The van der Waals surface area contributed by atoms with E-state index in [4.69, 9.17) is 16.3 Å². The monoisotopic (exact) mass is 421 g/mol. The van der Waals surface area contributed by atoms with Crippen molar-refractivity contribution in [3.05, 3.63) is 70.5 Å². The molecule has 2 heterocycles. The summed E-state index contributed by atoms with van der Waals surface area (Å²) in [7, 11) is 0. The Balaban J connectivity index is 1.46. The number of fused-ring (bicyclic) bond motifs is 1. The summed E-state index contributed by atoms with van der Waals surface area (Å²) in [4.78, 5) is 12.4. The first-order chi connectivity index (χ1) is 14.4. The van der Waals surface area contributed by atoms with Gasteiger partial charge in [-0.3, -0.25) is 4.79 Å². The third-order valence-electron chi connectivity index (χ3n) is 4.64. The second-order valence-corrected chi connectivity index (χ2v) is 7.40. The van der Waals surface area contributed by atoms with Gasteiger partial charge < -0.3 is 10.1 Å². The molecule has 1 amide bonds. The Morgan fingerprint density at radius 2 is 1.83 bits per heavy atom. The molecule has 0 unspecified atom stereocenters. The molecule has 0 saturated heterocycles. The fourth-order valence-corrected chi connectivity index (χ4v) is 3.25. The maximum Gasteiger partial charge on any atom is 0.262 e. The fourth-order valence-electron chi connectivity index (χ4n) is 3.14. The molecule has 0 spiro atoms. The molecule has 4 rings (SSSR count). The molecule has 152 valence electrons. The fraction of sp³-hybridized carbons (Fsp3) is 0.182. The molecule has 30 heavy (non-hydrogen) atoms. The van der Waals surface area contributed by atoms with Crippen LogP contribution in [0.5, 0.6) is 5.75 Å². The first-order valence-electron chi connectivity index (χ1n) is 9.39. The number of aromatic nitrogens is 4. The van der Waals surface area contributed by atoms with Gasteiger partial charge in [-0.25, -0.2) is 0 Å². The predicted molar refractivity (Wildman–Crippen MR) is 116 cm³/mol. The number of rotatable bonds is 5. The molecule has 0 saturated carbocycles. The molecular formula is C22H20ClN5O2. The van der Waals surface area contributed by atoms with E-state index >= 15 is 0 Å². The van der Waals surface area contributed by atoms with Crippen molar-refractivity contribution >= 4 is 28.8 Å². The Kier molecular flexibility index (Phi) is 5.37. The molecule has 8 heteroatoms. The number of aryl methyl sites for hydroxylation is 3. The molecule has 0 aliphatic rings. The summed E-state index contributed by atoms with van der Waals surface area (Å²) in [6, 6.07) is 14.8. The lowest BCUT2D eigenvalue weighted by Gasteiger charge is -2.11. The molecule has 2 aromatic heterocycles. The van der Waals surface area contributed by atoms with Crippen LogP contribution < -0.4 is 10.1 Å². The molecule has 0 radical (unpaired) electrons. The van der Waals surface area contributed by atoms with Crippen LogP contribution in [0.4, 0.5) is 5.69 Å². The highest BCUT2D eigenvalue weighted by atomic mass is 35.5. The Hall–Kier alpha value is -3.45. The average molecular weight is 422 g/mol. The quantitative estimate of drug-likeness (QED) is 0.517. The van der Waals surface area contributed by atoms with Crippen LogP contribution in [0.1, 0.15) is 17.0 Å². The SMILES string of the molecule is Cc1cc(OCC(=O)Nc2cccc(-c3ccc4nnc(C)n4n3)c2)cc(C)c1Cl. The van der Waals surface area contributed by atoms with Crippen LogP contribution in [0.3, 0.4) is 0 Å². The van der Waals surface area contributed by atoms with Gasteiger partial charge in [0, 0.05) is 16.3 Å². The van der Waals surface area contributed by atoms with E-state index in [-0.39, 0.29) is 12.5 Å². The molecule has 4 aromatic rings. The molecule has 7 nitrogen and oxygen atoms in total. The van der Waals surface area contributed by atoms with E-state index < -0.39 is 0 Å². The van der Waals surface area contributed by atoms with Gasteiger partial charge in [0.25, 0.3) is 5.91 Å². The van der Waals surface area contributed by atoms with Gasteiger partial charge in [0.05, 0.1) is 5.69 Å². The summed E-state index contributed by atoms with van der Waals surface area (Å²) in [5, 5.41) is 16.2. The standard InChI is InChI=1S/C22H20ClN5O2/c1-13-9-18(10-14(2)22(13)23)30-12-21(29)24-17-6-4-5-16(11-17)19-7-8-20-26-25-15(3)28(20)27-19/h4-11H,12H2,1-3H3,(H,24,29). The highest BCUT2D eigenvalue weighted by Crippen LogP contribution is 2.26. The van der Waals surface area contributed by atoms with Crippen LogP contribution in [0, 0.1) is 20.8 Å². The van der Waals surface area contributed by atoms with Crippen LogP contribution in [-0.2, 0) is 4.79 Å². The first-order valence-corrected chi connectivity index (χ1v) is 9.77. The second kappa shape index (κ2) is 8.12. The smallest absolute Gasteiger partial charge is 0.262 e. The van der Waals surface area contributed by atoms with E-state index in [1.807, 2.05) is 69.3 Å². The molecule has 0 atom stereocenters. The number of amides is 1. The van der Waals surface area contributed by atoms with Crippen molar-refractivity contribution in [2.45, 2.75) is 20.8 Å². The van der Waals surface area contributed by atoms with Crippen LogP contribution in [-0.4, -0.2) is 32.3 Å². The summed E-state index contributed by atoms with van der Waals surface area (Å²) < 4.78 is 7.31. The van der Waals surface area contributed by atoms with Crippen molar-refractivity contribution in [3.8, 4) is 17.0 Å². The second-order valence-electron chi connectivity index (χ2n) is 7.02. The number of carbonyl (C=O) groups excluding carboxylic acids is 1. The Bertz CT molecular complexity index is 1230. The summed E-state index contributed by atoms with van der Waals surface area (Å²) >= 11 is 6.17. The third kappa shape index (κ3) is 4.11. The van der Waals surface area contributed by atoms with E-state index in [1.54, 1.807) is 4.52 Å². The number of halogens is 1. The molecule has 0 aliphatic carbocycles. The number of nitrogens with zero attached hydrogens (tertiary/aromatic N) is 4. The van der Waals surface area contributed by atoms with Gasteiger partial charge in [0.2, 0.25) is 0 Å². The Morgan fingerprint density at radius 1 is 1.07 bits per heavy atom. The van der Waals surface area contributed by atoms with Crippen molar-refractivity contribution < 1.29 is 9.53 Å². The van der Waals surface area contributed by atoms with Crippen molar-refractivity contribution in [1.82, 2.24) is 19.8 Å². The lowest BCUT2D eigenvalue weighted by molar-refractivity contribution is -0.118. The largest absolute Gasteiger partial charge is 0.484 e. The zero-order chi connectivity index (χ0) is 21.3. The third-order valence-corrected chi connectivity index (χ3v) is 5.24. The predicted octanol–water partition coefficient (Wildman–Crippen LogP) is 4.39. The van der Waals surface area contributed by atoms with E-state index in [0.717, 1.165) is 22.4 Å². The topological polar surface area (TPSA) is 81.4 Å². The lowest BCUT2D eigenvalue weighted by Crippen LogP contribution is -2.20. The zero-order valence-electron chi connectivity index (χ0n) is 16.8. The lowest BCUT2D eigenvalue weighted by atomic mass is 10.1. The maximum absolute atomic E-state index is 12.4. The van der Waals surface area contributed by atoms with E-state index in [2.05, 4.69) is 20.6 Å². The van der Waals surface area contributed by atoms with Crippen molar-refractivity contribution in [2.24, 2.45) is 0 Å². The molecular weight excluding hydrogens is 402 g/mol. The van der Waals surface area contributed by atoms with Crippen LogP contribution >= 0.6 is 11.6 Å². The number of carbonyl (C=O) groups is 1. The zero-order valence-corrected chi connectivity index (χ0v) is 17.6. The molecule has 0 aliphatic heterocycles. The highest BCUT2D eigenvalue weighted by molar-refractivity contribution is 6.32. The van der Waals surface area contributed by atoms with Crippen molar-refractivity contribution in [2.75, 3.05) is 11.9 Å². The molecule has 0 bridgehead atoms. The summed E-state index contributed by atoms with van der Waals surface area (Å²) in [5.74, 6) is 1.07. The Labute approximate surface area is 178 Å². The minimum Gasteiger partial charge on any atom is -0.484 e. The number of nitrogens with one attached hydrogen (secondary N) is 1. The first kappa shape index (κ1) is 19.8. The molecule has 1 N–H and O–H groups in total. The van der Waals surface area contributed by atoms with Crippen molar-refractivity contribution in [1.29, 1.82) is 0 Å². The van der Waals surface area contributed by atoms with Crippen LogP contribution in [0.25, 0.3) is 16.9 Å². The highest BCUT2D eigenvalue weighted by Gasteiger charge is 2.09. The van der Waals surface area contributed by atoms with Gasteiger partial charge in [-0.15, -0.1) is 10.2 Å². The van der Waals surface area contributed by atoms with E-state index in [1.165, 1.54) is 0 Å². The Morgan fingerprint density at radius 3 is 2.60 bits per heavy atom. The minimum absolute atomic E-state index is 0.102. The van der Waals surface area contributed by atoms with Gasteiger partial charge in [-0.05, 0) is 68.3 Å². The van der Waals surface area contributed by atoms with Crippen LogP contribution in [0.2, 0.25) is 5.02 Å². The van der Waals surface area contributed by atoms with Gasteiger partial charge in [0.1, 0.15) is 5.75 Å². The number of hydrogen-bond donors (Lipinski definition) is 1. The number of benzene rings is 2. The number of anilines is 1. The minimum atomic E-state index is -0.254.